The van der Waals surface area contributed by atoms with E-state index in [4.69, 9.17) is 4.74 Å². The monoisotopic (exact) mass is 416 g/mol. The average molecular weight is 417 g/mol. The highest BCUT2D eigenvalue weighted by Gasteiger charge is 2.38. The number of fused-ring (bicyclic) bond motifs is 1. The molecular formula is C21H24N2O3S2. The SMILES string of the molecule is CCOC(=O)Cc1csc(SCC(=O)C=C2N(C)c3ccccc3C2(C)C)n1. The molecule has 0 amide bonds. The first-order valence-electron chi connectivity index (χ1n) is 9.14. The molecule has 0 aliphatic carbocycles. The first kappa shape index (κ1) is 20.6. The van der Waals surface area contributed by atoms with Crippen LogP contribution in [0.15, 0.2) is 45.8 Å². The van der Waals surface area contributed by atoms with Crippen LogP contribution in [0.5, 0.6) is 0 Å². The number of carbonyl (C=O) groups is 2. The van der Waals surface area contributed by atoms with E-state index in [0.29, 0.717) is 18.1 Å². The second-order valence-electron chi connectivity index (χ2n) is 7.07. The largest absolute Gasteiger partial charge is 0.466 e. The first-order valence-corrected chi connectivity index (χ1v) is 11.0. The van der Waals surface area contributed by atoms with E-state index in [-0.39, 0.29) is 23.6 Å². The maximum Gasteiger partial charge on any atom is 0.311 e. The summed E-state index contributed by atoms with van der Waals surface area (Å²) < 4.78 is 5.72. The summed E-state index contributed by atoms with van der Waals surface area (Å²) >= 11 is 2.85. The Hall–Kier alpha value is -2.12. The van der Waals surface area contributed by atoms with Gasteiger partial charge in [-0.1, -0.05) is 43.8 Å². The molecule has 0 fully saturated rings. The molecule has 0 bridgehead atoms. The third kappa shape index (κ3) is 4.31. The van der Waals surface area contributed by atoms with Gasteiger partial charge < -0.3 is 9.64 Å². The number of esters is 1. The smallest absolute Gasteiger partial charge is 0.311 e. The second-order valence-corrected chi connectivity index (χ2v) is 9.15. The van der Waals surface area contributed by atoms with Gasteiger partial charge in [0.15, 0.2) is 10.1 Å². The summed E-state index contributed by atoms with van der Waals surface area (Å²) in [7, 11) is 2.00. The molecule has 0 radical (unpaired) electrons. The maximum absolute atomic E-state index is 12.6. The van der Waals surface area contributed by atoms with Crippen LogP contribution in [0.2, 0.25) is 0 Å². The van der Waals surface area contributed by atoms with Crippen molar-refractivity contribution >= 4 is 40.5 Å². The van der Waals surface area contributed by atoms with Gasteiger partial charge in [0, 0.05) is 35.3 Å². The Labute approximate surface area is 173 Å². The van der Waals surface area contributed by atoms with Gasteiger partial charge in [0.05, 0.1) is 24.5 Å². The number of ether oxygens (including phenoxy) is 1. The van der Waals surface area contributed by atoms with Crippen molar-refractivity contribution in [2.75, 3.05) is 24.3 Å². The minimum atomic E-state index is -0.281. The predicted molar refractivity (Wildman–Crippen MR) is 114 cm³/mol. The fourth-order valence-corrected chi connectivity index (χ4v) is 5.05. The molecule has 148 valence electrons. The Bertz CT molecular complexity index is 918. The Morgan fingerprint density at radius 1 is 1.32 bits per heavy atom. The van der Waals surface area contributed by atoms with Crippen LogP contribution in [0.4, 0.5) is 5.69 Å². The van der Waals surface area contributed by atoms with Crippen LogP contribution in [-0.2, 0) is 26.2 Å². The van der Waals surface area contributed by atoms with E-state index < -0.39 is 0 Å². The van der Waals surface area contributed by atoms with Crippen molar-refractivity contribution in [3.63, 3.8) is 0 Å². The van der Waals surface area contributed by atoms with Crippen molar-refractivity contribution < 1.29 is 14.3 Å². The lowest BCUT2D eigenvalue weighted by molar-refractivity contribution is -0.142. The molecule has 5 nitrogen and oxygen atoms in total. The number of hydrogen-bond acceptors (Lipinski definition) is 7. The molecule has 0 atom stereocenters. The van der Waals surface area contributed by atoms with Gasteiger partial charge in [-0.2, -0.15) is 0 Å². The van der Waals surface area contributed by atoms with Crippen LogP contribution in [0, 0.1) is 0 Å². The molecular weight excluding hydrogens is 392 g/mol. The Morgan fingerprint density at radius 3 is 2.79 bits per heavy atom. The molecule has 3 rings (SSSR count). The van der Waals surface area contributed by atoms with Gasteiger partial charge in [0.1, 0.15) is 0 Å². The van der Waals surface area contributed by atoms with Gasteiger partial charge >= 0.3 is 5.97 Å². The third-order valence-electron chi connectivity index (χ3n) is 4.74. The summed E-state index contributed by atoms with van der Waals surface area (Å²) in [5, 5.41) is 1.84. The summed E-state index contributed by atoms with van der Waals surface area (Å²) in [6.45, 7) is 6.43. The number of aromatic nitrogens is 1. The molecule has 1 aromatic carbocycles. The zero-order valence-electron chi connectivity index (χ0n) is 16.5. The molecule has 1 aliphatic heterocycles. The lowest BCUT2D eigenvalue weighted by atomic mass is 9.83. The fourth-order valence-electron chi connectivity index (χ4n) is 3.38. The Morgan fingerprint density at radius 2 is 2.07 bits per heavy atom. The summed E-state index contributed by atoms with van der Waals surface area (Å²) in [6.07, 6.45) is 1.92. The highest BCUT2D eigenvalue weighted by Crippen LogP contribution is 2.46. The molecule has 0 saturated heterocycles. The standard InChI is InChI=1S/C21H24N2O3S2/c1-5-26-19(25)10-14-12-27-20(22-14)28-13-15(24)11-18-21(2,3)16-8-6-7-9-17(16)23(18)4/h6-9,11-12H,5,10,13H2,1-4H3. The van der Waals surface area contributed by atoms with Gasteiger partial charge in [-0.3, -0.25) is 9.59 Å². The highest BCUT2D eigenvalue weighted by atomic mass is 32.2. The number of nitrogens with zero attached hydrogens (tertiary/aromatic N) is 2. The number of thioether (sulfide) groups is 1. The van der Waals surface area contributed by atoms with Crippen LogP contribution in [0.3, 0.4) is 0 Å². The normalized spacial score (nSPS) is 16.3. The van der Waals surface area contributed by atoms with Crippen molar-refractivity contribution in [2.45, 2.75) is 36.9 Å². The van der Waals surface area contributed by atoms with E-state index in [1.54, 1.807) is 13.0 Å². The van der Waals surface area contributed by atoms with Gasteiger partial charge in [0.2, 0.25) is 0 Å². The number of para-hydroxylation sites is 1. The average Bonchev–Trinajstić information content (AvgIpc) is 3.17. The molecule has 1 aliphatic rings. The second kappa shape index (κ2) is 8.49. The van der Waals surface area contributed by atoms with Gasteiger partial charge in [-0.25, -0.2) is 4.98 Å². The number of allylic oxidation sites excluding steroid dienone is 2. The van der Waals surface area contributed by atoms with Crippen LogP contribution in [-0.4, -0.2) is 36.1 Å². The number of ketones is 1. The number of likely N-dealkylation sites (N-methyl/N-ethyl adjacent to an activating group) is 1. The quantitative estimate of drug-likeness (QED) is 0.383. The van der Waals surface area contributed by atoms with Crippen LogP contribution in [0.1, 0.15) is 32.0 Å². The molecule has 0 spiro atoms. The number of benzene rings is 1. The van der Waals surface area contributed by atoms with Gasteiger partial charge in [-0.05, 0) is 18.6 Å². The molecule has 0 saturated carbocycles. The maximum atomic E-state index is 12.6. The van der Waals surface area contributed by atoms with Crippen molar-refractivity contribution in [2.24, 2.45) is 0 Å². The molecule has 2 aromatic rings. The minimum absolute atomic E-state index is 0.0508. The molecule has 0 N–H and O–H groups in total. The number of thiazole rings is 1. The van der Waals surface area contributed by atoms with Crippen molar-refractivity contribution in [1.82, 2.24) is 4.98 Å². The number of hydrogen-bond donors (Lipinski definition) is 0. The highest BCUT2D eigenvalue weighted by molar-refractivity contribution is 8.01. The van der Waals surface area contributed by atoms with E-state index >= 15 is 0 Å². The van der Waals surface area contributed by atoms with Crippen molar-refractivity contribution in [1.29, 1.82) is 0 Å². The van der Waals surface area contributed by atoms with Crippen LogP contribution < -0.4 is 4.90 Å². The summed E-state index contributed by atoms with van der Waals surface area (Å²) in [6, 6.07) is 8.25. The Balaban J connectivity index is 1.63. The van der Waals surface area contributed by atoms with E-state index in [1.165, 1.54) is 28.7 Å². The van der Waals surface area contributed by atoms with Crippen LogP contribution >= 0.6 is 23.1 Å². The number of carbonyl (C=O) groups excluding carboxylic acids is 2. The molecule has 1 aromatic heterocycles. The minimum Gasteiger partial charge on any atom is -0.466 e. The first-order chi connectivity index (χ1) is 13.3. The lowest BCUT2D eigenvalue weighted by Crippen LogP contribution is -2.24. The zero-order chi connectivity index (χ0) is 20.3. The molecule has 7 heteroatoms. The van der Waals surface area contributed by atoms with Crippen molar-refractivity contribution in [3.8, 4) is 0 Å². The fraction of sp³-hybridized carbons (Fsp3) is 0.381. The van der Waals surface area contributed by atoms with Crippen molar-refractivity contribution in [3.05, 3.63) is 52.7 Å². The summed E-state index contributed by atoms with van der Waals surface area (Å²) in [5.74, 6) is 0.0851. The van der Waals surface area contributed by atoms with Gasteiger partial charge in [-0.15, -0.1) is 11.3 Å². The van der Waals surface area contributed by atoms with Crippen LogP contribution in [0.25, 0.3) is 0 Å². The zero-order valence-corrected chi connectivity index (χ0v) is 18.2. The molecule has 28 heavy (non-hydrogen) atoms. The summed E-state index contributed by atoms with van der Waals surface area (Å²) in [5.41, 5.74) is 3.85. The van der Waals surface area contributed by atoms with E-state index in [2.05, 4.69) is 35.9 Å². The lowest BCUT2D eigenvalue weighted by Gasteiger charge is -2.23. The van der Waals surface area contributed by atoms with Gasteiger partial charge in [0.25, 0.3) is 0 Å². The van der Waals surface area contributed by atoms with E-state index in [0.717, 1.165) is 15.7 Å². The van der Waals surface area contributed by atoms with E-state index in [1.807, 2.05) is 24.6 Å². The Kier molecular flexibility index (Phi) is 6.25. The number of rotatable bonds is 7. The molecule has 2 heterocycles. The molecule has 0 unspecified atom stereocenters. The third-order valence-corrected chi connectivity index (χ3v) is 6.83. The van der Waals surface area contributed by atoms with E-state index in [9.17, 15) is 9.59 Å². The number of anilines is 1. The topological polar surface area (TPSA) is 59.5 Å². The predicted octanol–water partition coefficient (Wildman–Crippen LogP) is 4.22. The summed E-state index contributed by atoms with van der Waals surface area (Å²) in [4.78, 5) is 30.6.